The molecule has 2 atom stereocenters. The van der Waals surface area contributed by atoms with E-state index in [1.165, 1.54) is 12.1 Å². The molecular formula is C12H15FN2O2. The lowest BCUT2D eigenvalue weighted by Crippen LogP contribution is -2.38. The van der Waals surface area contributed by atoms with Gasteiger partial charge in [-0.1, -0.05) is 12.1 Å². The Hall–Kier alpha value is -1.62. The van der Waals surface area contributed by atoms with Crippen LogP contribution in [0.25, 0.3) is 0 Å². The van der Waals surface area contributed by atoms with Crippen LogP contribution in [-0.4, -0.2) is 42.3 Å². The fourth-order valence-electron chi connectivity index (χ4n) is 2.38. The minimum absolute atomic E-state index is 0.00630. The van der Waals surface area contributed by atoms with Crippen LogP contribution in [0.15, 0.2) is 24.3 Å². The van der Waals surface area contributed by atoms with Crippen molar-refractivity contribution in [3.05, 3.63) is 35.6 Å². The van der Waals surface area contributed by atoms with Gasteiger partial charge in [0.1, 0.15) is 5.82 Å². The Balaban J connectivity index is 2.20. The van der Waals surface area contributed by atoms with E-state index in [2.05, 4.69) is 5.32 Å². The second-order valence-corrected chi connectivity index (χ2v) is 4.44. The number of carbonyl (C=O) groups is 1. The third-order valence-corrected chi connectivity index (χ3v) is 3.09. The summed E-state index contributed by atoms with van der Waals surface area (Å²) >= 11 is 0. The molecule has 0 spiro atoms. The number of hydrogen-bond donors (Lipinski definition) is 2. The number of carboxylic acid groups (broad SMARTS) is 1. The molecule has 17 heavy (non-hydrogen) atoms. The maximum absolute atomic E-state index is 13.2. The molecule has 0 bridgehead atoms. The normalized spacial score (nSPS) is 24.8. The van der Waals surface area contributed by atoms with Gasteiger partial charge in [0.05, 0.1) is 6.04 Å². The highest BCUT2D eigenvalue weighted by atomic mass is 19.1. The summed E-state index contributed by atoms with van der Waals surface area (Å²) in [6.45, 7) is 1.38. The number of nitrogens with one attached hydrogen (secondary N) is 1. The first-order chi connectivity index (χ1) is 8.06. The van der Waals surface area contributed by atoms with Crippen molar-refractivity contribution in [1.29, 1.82) is 0 Å². The van der Waals surface area contributed by atoms with E-state index in [4.69, 9.17) is 5.11 Å². The predicted octanol–water partition coefficient (Wildman–Crippen LogP) is 1.49. The van der Waals surface area contributed by atoms with Crippen molar-refractivity contribution in [2.45, 2.75) is 12.0 Å². The highest BCUT2D eigenvalue weighted by molar-refractivity contribution is 5.65. The molecule has 2 N–H and O–H groups in total. The minimum atomic E-state index is -1.04. The molecule has 4 nitrogen and oxygen atoms in total. The Morgan fingerprint density at radius 2 is 2.29 bits per heavy atom. The van der Waals surface area contributed by atoms with E-state index in [1.54, 1.807) is 6.07 Å². The van der Waals surface area contributed by atoms with Crippen LogP contribution in [0.2, 0.25) is 0 Å². The number of rotatable bonds is 2. The van der Waals surface area contributed by atoms with Crippen molar-refractivity contribution in [3.63, 3.8) is 0 Å². The van der Waals surface area contributed by atoms with Crippen molar-refractivity contribution in [2.75, 3.05) is 20.1 Å². The number of benzene rings is 1. The summed E-state index contributed by atoms with van der Waals surface area (Å²) in [5.41, 5.74) is 0.841. The summed E-state index contributed by atoms with van der Waals surface area (Å²) in [6.07, 6.45) is -1.04. The van der Waals surface area contributed by atoms with Crippen molar-refractivity contribution >= 4 is 6.09 Å². The third kappa shape index (κ3) is 2.74. The van der Waals surface area contributed by atoms with E-state index in [0.717, 1.165) is 12.1 Å². The zero-order valence-electron chi connectivity index (χ0n) is 9.56. The van der Waals surface area contributed by atoms with Crippen LogP contribution in [0.3, 0.4) is 0 Å². The molecule has 1 aliphatic heterocycles. The van der Waals surface area contributed by atoms with Gasteiger partial charge in [0, 0.05) is 19.0 Å². The van der Waals surface area contributed by atoms with E-state index in [-0.39, 0.29) is 17.8 Å². The molecule has 1 heterocycles. The third-order valence-electron chi connectivity index (χ3n) is 3.09. The quantitative estimate of drug-likeness (QED) is 0.820. The number of halogens is 1. The second kappa shape index (κ2) is 4.71. The van der Waals surface area contributed by atoms with Crippen LogP contribution < -0.4 is 5.32 Å². The Morgan fingerprint density at radius 1 is 1.53 bits per heavy atom. The minimum Gasteiger partial charge on any atom is -0.465 e. The molecule has 0 aliphatic carbocycles. The molecule has 5 heteroatoms. The Bertz CT molecular complexity index is 425. The number of amides is 1. The van der Waals surface area contributed by atoms with Gasteiger partial charge in [-0.05, 0) is 24.7 Å². The Labute approximate surface area is 99.0 Å². The van der Waals surface area contributed by atoms with Crippen molar-refractivity contribution in [1.82, 2.24) is 10.2 Å². The van der Waals surface area contributed by atoms with Gasteiger partial charge < -0.3 is 15.3 Å². The van der Waals surface area contributed by atoms with Gasteiger partial charge in [-0.2, -0.15) is 0 Å². The van der Waals surface area contributed by atoms with Crippen molar-refractivity contribution in [3.8, 4) is 0 Å². The summed E-state index contributed by atoms with van der Waals surface area (Å²) < 4.78 is 13.2. The molecule has 1 fully saturated rings. The summed E-state index contributed by atoms with van der Waals surface area (Å²) in [5.74, 6) is -0.280. The van der Waals surface area contributed by atoms with Gasteiger partial charge in [0.25, 0.3) is 0 Å². The van der Waals surface area contributed by atoms with Crippen LogP contribution in [-0.2, 0) is 0 Å². The van der Waals surface area contributed by atoms with Crippen LogP contribution in [0.1, 0.15) is 11.5 Å². The van der Waals surface area contributed by atoms with Gasteiger partial charge in [0.2, 0.25) is 0 Å². The summed E-state index contributed by atoms with van der Waals surface area (Å²) in [6, 6.07) is 6.17. The first-order valence-electron chi connectivity index (χ1n) is 5.49. The lowest BCUT2D eigenvalue weighted by Gasteiger charge is -2.18. The summed E-state index contributed by atoms with van der Waals surface area (Å²) in [5, 5.41) is 11.3. The molecule has 92 valence electrons. The first-order valence-corrected chi connectivity index (χ1v) is 5.49. The smallest absolute Gasteiger partial charge is 0.404 e. The van der Waals surface area contributed by atoms with Crippen LogP contribution in [0.5, 0.6) is 0 Å². The fraction of sp³-hybridized carbons (Fsp3) is 0.417. The maximum atomic E-state index is 13.2. The molecule has 1 amide bonds. The average Bonchev–Trinajstić information content (AvgIpc) is 2.58. The fourth-order valence-corrected chi connectivity index (χ4v) is 2.38. The van der Waals surface area contributed by atoms with Crippen molar-refractivity contribution in [2.24, 2.45) is 0 Å². The molecule has 2 rings (SSSR count). The van der Waals surface area contributed by atoms with Gasteiger partial charge in [-0.3, -0.25) is 0 Å². The standard InChI is InChI=1S/C12H15FN2O2/c1-15-6-10(11(7-15)14-12(16)17)8-3-2-4-9(13)5-8/h2-5,10-11,14H,6-7H2,1H3,(H,16,17). The van der Waals surface area contributed by atoms with Crippen molar-refractivity contribution < 1.29 is 14.3 Å². The molecule has 1 saturated heterocycles. The van der Waals surface area contributed by atoms with Crippen LogP contribution in [0.4, 0.5) is 9.18 Å². The second-order valence-electron chi connectivity index (χ2n) is 4.44. The summed E-state index contributed by atoms with van der Waals surface area (Å²) in [7, 11) is 1.93. The topological polar surface area (TPSA) is 52.6 Å². The number of hydrogen-bond acceptors (Lipinski definition) is 2. The molecule has 1 aromatic carbocycles. The lowest BCUT2D eigenvalue weighted by molar-refractivity contribution is 0.189. The first kappa shape index (κ1) is 11.9. The zero-order chi connectivity index (χ0) is 12.4. The summed E-state index contributed by atoms with van der Waals surface area (Å²) in [4.78, 5) is 12.7. The number of likely N-dealkylation sites (N-methyl/N-ethyl adjacent to an activating group) is 1. The van der Waals surface area contributed by atoms with Gasteiger partial charge in [0.15, 0.2) is 0 Å². The molecule has 0 aromatic heterocycles. The largest absolute Gasteiger partial charge is 0.465 e. The van der Waals surface area contributed by atoms with Gasteiger partial charge in [-0.15, -0.1) is 0 Å². The molecule has 1 aliphatic rings. The SMILES string of the molecule is CN1CC(NC(=O)O)C(c2cccc(F)c2)C1. The van der Waals surface area contributed by atoms with Crippen LogP contribution >= 0.6 is 0 Å². The monoisotopic (exact) mass is 238 g/mol. The Morgan fingerprint density at radius 3 is 2.94 bits per heavy atom. The zero-order valence-corrected chi connectivity index (χ0v) is 9.56. The Kier molecular flexibility index (Phi) is 3.28. The van der Waals surface area contributed by atoms with E-state index < -0.39 is 6.09 Å². The lowest BCUT2D eigenvalue weighted by atomic mass is 9.94. The van der Waals surface area contributed by atoms with Gasteiger partial charge in [-0.25, -0.2) is 9.18 Å². The van der Waals surface area contributed by atoms with E-state index >= 15 is 0 Å². The average molecular weight is 238 g/mol. The maximum Gasteiger partial charge on any atom is 0.404 e. The van der Waals surface area contributed by atoms with E-state index in [9.17, 15) is 9.18 Å². The van der Waals surface area contributed by atoms with Crippen LogP contribution in [0, 0.1) is 5.82 Å². The number of likely N-dealkylation sites (tertiary alicyclic amines) is 1. The molecule has 2 unspecified atom stereocenters. The molecule has 0 saturated carbocycles. The van der Waals surface area contributed by atoms with E-state index in [1.807, 2.05) is 18.0 Å². The molecule has 1 aromatic rings. The number of nitrogens with zero attached hydrogens (tertiary/aromatic N) is 1. The van der Waals surface area contributed by atoms with E-state index in [0.29, 0.717) is 6.54 Å². The predicted molar refractivity (Wildman–Crippen MR) is 61.6 cm³/mol. The molecule has 0 radical (unpaired) electrons. The highest BCUT2D eigenvalue weighted by Gasteiger charge is 2.33. The molecular weight excluding hydrogens is 223 g/mol. The highest BCUT2D eigenvalue weighted by Crippen LogP contribution is 2.27. The van der Waals surface area contributed by atoms with Gasteiger partial charge >= 0.3 is 6.09 Å².